The van der Waals surface area contributed by atoms with Crippen molar-refractivity contribution in [3.8, 4) is 0 Å². The molecule has 0 atom stereocenters. The molecule has 0 aromatic heterocycles. The molecule has 0 saturated heterocycles. The smallest absolute Gasteiger partial charge is 0.344 e. The minimum atomic E-state index is -0.284. The highest BCUT2D eigenvalue weighted by Gasteiger charge is 2.25. The van der Waals surface area contributed by atoms with Crippen molar-refractivity contribution in [3.63, 3.8) is 0 Å². The third kappa shape index (κ3) is 2.16. The van der Waals surface area contributed by atoms with E-state index in [2.05, 4.69) is 12.6 Å². The molecule has 0 saturated carbocycles. The maximum atomic E-state index is 11.8. The molecule has 20 heavy (non-hydrogen) atoms. The highest BCUT2D eigenvalue weighted by atomic mass is 16.5. The van der Waals surface area contributed by atoms with E-state index in [4.69, 9.17) is 4.74 Å². The normalized spacial score (nSPS) is 15.0. The molecule has 0 spiro atoms. The van der Waals surface area contributed by atoms with Gasteiger partial charge in [0.05, 0.1) is 5.56 Å². The summed E-state index contributed by atoms with van der Waals surface area (Å²) in [6, 6.07) is 15.5. The maximum Gasteiger partial charge on any atom is 0.344 e. The van der Waals surface area contributed by atoms with Gasteiger partial charge in [0.25, 0.3) is 0 Å². The Labute approximate surface area is 118 Å². The van der Waals surface area contributed by atoms with E-state index in [9.17, 15) is 4.79 Å². The first-order valence-corrected chi connectivity index (χ1v) is 6.51. The van der Waals surface area contributed by atoms with Gasteiger partial charge in [-0.3, -0.25) is 0 Å². The fraction of sp³-hybridized carbons (Fsp3) is 0.0556. The molecule has 0 unspecified atom stereocenters. The van der Waals surface area contributed by atoms with Crippen LogP contribution in [0.1, 0.15) is 27.0 Å². The van der Waals surface area contributed by atoms with E-state index in [1.165, 1.54) is 0 Å². The van der Waals surface area contributed by atoms with Gasteiger partial charge in [-0.15, -0.1) is 6.58 Å². The number of esters is 1. The van der Waals surface area contributed by atoms with Gasteiger partial charge in [0.2, 0.25) is 0 Å². The molecule has 0 bridgehead atoms. The van der Waals surface area contributed by atoms with Crippen molar-refractivity contribution < 1.29 is 9.53 Å². The summed E-state index contributed by atoms with van der Waals surface area (Å²) < 4.78 is 5.37. The SMILES string of the molecule is C=CCc1ccccc1/C=C1\OC(=O)c2ccccc21. The molecule has 98 valence electrons. The maximum absolute atomic E-state index is 11.8. The van der Waals surface area contributed by atoms with Crippen LogP contribution in [-0.2, 0) is 11.2 Å². The number of allylic oxidation sites excluding steroid dienone is 1. The summed E-state index contributed by atoms with van der Waals surface area (Å²) in [4.78, 5) is 11.8. The van der Waals surface area contributed by atoms with E-state index in [-0.39, 0.29) is 5.97 Å². The number of hydrogen-bond acceptors (Lipinski definition) is 2. The lowest BCUT2D eigenvalue weighted by atomic mass is 10.0. The van der Waals surface area contributed by atoms with Crippen molar-refractivity contribution in [1.82, 2.24) is 0 Å². The molecule has 1 aliphatic rings. The highest BCUT2D eigenvalue weighted by Crippen LogP contribution is 2.31. The van der Waals surface area contributed by atoms with Crippen LogP contribution in [0.15, 0.2) is 61.2 Å². The molecule has 0 radical (unpaired) electrons. The fourth-order valence-electron chi connectivity index (χ4n) is 2.35. The van der Waals surface area contributed by atoms with Crippen molar-refractivity contribution in [2.75, 3.05) is 0 Å². The molecule has 0 fully saturated rings. The zero-order chi connectivity index (χ0) is 13.9. The first-order valence-electron chi connectivity index (χ1n) is 6.51. The third-order valence-electron chi connectivity index (χ3n) is 3.32. The van der Waals surface area contributed by atoms with E-state index >= 15 is 0 Å². The predicted octanol–water partition coefficient (Wildman–Crippen LogP) is 4.08. The van der Waals surface area contributed by atoms with Gasteiger partial charge >= 0.3 is 5.97 Å². The second-order valence-corrected chi connectivity index (χ2v) is 4.64. The van der Waals surface area contributed by atoms with Gasteiger partial charge in [0.1, 0.15) is 5.76 Å². The van der Waals surface area contributed by atoms with Crippen molar-refractivity contribution in [2.45, 2.75) is 6.42 Å². The van der Waals surface area contributed by atoms with Crippen molar-refractivity contribution in [1.29, 1.82) is 0 Å². The van der Waals surface area contributed by atoms with E-state index in [0.29, 0.717) is 11.3 Å². The Morgan fingerprint density at radius 3 is 2.50 bits per heavy atom. The Hall–Kier alpha value is -2.61. The molecule has 3 rings (SSSR count). The Kier molecular flexibility index (Phi) is 3.21. The standard InChI is InChI=1S/C18H14O2/c1-2-7-13-8-3-4-9-14(13)12-17-15-10-5-6-11-16(15)18(19)20-17/h2-6,8-12H,1,7H2/b17-12-. The number of rotatable bonds is 3. The molecule has 0 amide bonds. The number of ether oxygens (including phenoxy) is 1. The lowest BCUT2D eigenvalue weighted by Crippen LogP contribution is -1.92. The molecule has 2 aromatic carbocycles. The van der Waals surface area contributed by atoms with Crippen LogP contribution >= 0.6 is 0 Å². The number of carbonyl (C=O) groups excluding carboxylic acids is 1. The van der Waals surface area contributed by atoms with Crippen molar-refractivity contribution in [2.24, 2.45) is 0 Å². The Bertz CT molecular complexity index is 711. The van der Waals surface area contributed by atoms with Gasteiger partial charge in [-0.25, -0.2) is 4.79 Å². The monoisotopic (exact) mass is 262 g/mol. The minimum Gasteiger partial charge on any atom is -0.422 e. The average Bonchev–Trinajstić information content (AvgIpc) is 2.79. The lowest BCUT2D eigenvalue weighted by Gasteiger charge is -2.04. The Morgan fingerprint density at radius 2 is 1.70 bits per heavy atom. The van der Waals surface area contributed by atoms with Gasteiger partial charge in [0.15, 0.2) is 0 Å². The summed E-state index contributed by atoms with van der Waals surface area (Å²) in [5.41, 5.74) is 3.69. The van der Waals surface area contributed by atoms with E-state index in [1.807, 2.05) is 48.6 Å². The first kappa shape index (κ1) is 12.4. The molecule has 2 aromatic rings. The molecular weight excluding hydrogens is 248 g/mol. The lowest BCUT2D eigenvalue weighted by molar-refractivity contribution is 0.0717. The van der Waals surface area contributed by atoms with Crippen molar-refractivity contribution >= 4 is 17.8 Å². The summed E-state index contributed by atoms with van der Waals surface area (Å²) in [5.74, 6) is 0.329. The summed E-state index contributed by atoms with van der Waals surface area (Å²) in [6.07, 6.45) is 4.57. The van der Waals surface area contributed by atoms with Gasteiger partial charge < -0.3 is 4.74 Å². The molecule has 0 N–H and O–H groups in total. The zero-order valence-electron chi connectivity index (χ0n) is 11.0. The first-order chi connectivity index (χ1) is 9.79. The molecule has 2 heteroatoms. The van der Waals surface area contributed by atoms with E-state index in [0.717, 1.165) is 23.1 Å². The largest absolute Gasteiger partial charge is 0.422 e. The number of hydrogen-bond donors (Lipinski definition) is 0. The topological polar surface area (TPSA) is 26.3 Å². The molecule has 0 aliphatic carbocycles. The summed E-state index contributed by atoms with van der Waals surface area (Å²) >= 11 is 0. The summed E-state index contributed by atoms with van der Waals surface area (Å²) in [5, 5.41) is 0. The van der Waals surface area contributed by atoms with Crippen molar-refractivity contribution in [3.05, 3.63) is 83.4 Å². The van der Waals surface area contributed by atoms with Crippen LogP contribution in [0, 0.1) is 0 Å². The Morgan fingerprint density at radius 1 is 1.00 bits per heavy atom. The average molecular weight is 262 g/mol. The highest BCUT2D eigenvalue weighted by molar-refractivity contribution is 6.05. The number of cyclic esters (lactones) is 1. The minimum absolute atomic E-state index is 0.284. The van der Waals surface area contributed by atoms with Gasteiger partial charge in [-0.05, 0) is 29.7 Å². The van der Waals surface area contributed by atoms with Crippen LogP contribution in [0.5, 0.6) is 0 Å². The molecular formula is C18H14O2. The summed E-state index contributed by atoms with van der Waals surface area (Å²) in [7, 11) is 0. The van der Waals surface area contributed by atoms with Crippen LogP contribution < -0.4 is 0 Å². The molecule has 1 aliphatic heterocycles. The van der Waals surface area contributed by atoms with Crippen LogP contribution in [0.3, 0.4) is 0 Å². The summed E-state index contributed by atoms with van der Waals surface area (Å²) in [6.45, 7) is 3.77. The Balaban J connectivity index is 2.07. The van der Waals surface area contributed by atoms with Gasteiger partial charge in [-0.2, -0.15) is 0 Å². The zero-order valence-corrected chi connectivity index (χ0v) is 11.0. The second kappa shape index (κ2) is 5.17. The number of benzene rings is 2. The number of carbonyl (C=O) groups is 1. The second-order valence-electron chi connectivity index (χ2n) is 4.64. The van der Waals surface area contributed by atoms with Crippen LogP contribution in [0.4, 0.5) is 0 Å². The van der Waals surface area contributed by atoms with E-state index in [1.54, 1.807) is 6.07 Å². The van der Waals surface area contributed by atoms with Crippen LogP contribution in [-0.4, -0.2) is 5.97 Å². The molecule has 2 nitrogen and oxygen atoms in total. The quantitative estimate of drug-likeness (QED) is 0.615. The van der Waals surface area contributed by atoms with Gasteiger partial charge in [0, 0.05) is 5.56 Å². The molecule has 1 heterocycles. The van der Waals surface area contributed by atoms with E-state index < -0.39 is 0 Å². The number of fused-ring (bicyclic) bond motifs is 1. The van der Waals surface area contributed by atoms with Gasteiger partial charge in [-0.1, -0.05) is 48.5 Å². The van der Waals surface area contributed by atoms with Crippen LogP contribution in [0.2, 0.25) is 0 Å². The third-order valence-corrected chi connectivity index (χ3v) is 3.32. The predicted molar refractivity (Wildman–Crippen MR) is 80.1 cm³/mol. The fourth-order valence-corrected chi connectivity index (χ4v) is 2.35. The van der Waals surface area contributed by atoms with Crippen LogP contribution in [0.25, 0.3) is 11.8 Å².